The third-order valence-corrected chi connectivity index (χ3v) is 5.47. The van der Waals surface area contributed by atoms with E-state index in [9.17, 15) is 4.79 Å². The molecule has 0 unspecified atom stereocenters. The zero-order chi connectivity index (χ0) is 21.9. The van der Waals surface area contributed by atoms with Gasteiger partial charge in [-0.2, -0.15) is 0 Å². The summed E-state index contributed by atoms with van der Waals surface area (Å²) in [6.07, 6.45) is 0.947. The predicted octanol–water partition coefficient (Wildman–Crippen LogP) is 2.92. The van der Waals surface area contributed by atoms with Crippen LogP contribution in [0.1, 0.15) is 36.9 Å². The lowest BCUT2D eigenvalue weighted by Crippen LogP contribution is -2.39. The van der Waals surface area contributed by atoms with E-state index in [0.29, 0.717) is 18.4 Å². The predicted molar refractivity (Wildman–Crippen MR) is 126 cm³/mol. The van der Waals surface area contributed by atoms with Crippen LogP contribution in [0.2, 0.25) is 0 Å². The Hall–Kier alpha value is -2.61. The van der Waals surface area contributed by atoms with Crippen molar-refractivity contribution < 1.29 is 4.79 Å². The lowest BCUT2D eigenvalue weighted by atomic mass is 10.2. The first kappa shape index (κ1) is 23.7. The molecule has 7 nitrogen and oxygen atoms in total. The number of aromatic nitrogens is 1. The maximum absolute atomic E-state index is 11.9. The van der Waals surface area contributed by atoms with E-state index in [0.717, 1.165) is 30.2 Å². The number of likely N-dealkylation sites (N-methyl/N-ethyl adjacent to an activating group) is 1. The molecule has 0 saturated heterocycles. The van der Waals surface area contributed by atoms with E-state index in [1.54, 1.807) is 30.3 Å². The van der Waals surface area contributed by atoms with Crippen molar-refractivity contribution in [1.82, 2.24) is 20.5 Å². The lowest BCUT2D eigenvalue weighted by molar-refractivity contribution is -0.127. The highest BCUT2D eigenvalue weighted by Crippen LogP contribution is 2.17. The molecule has 0 atom stereocenters. The summed E-state index contributed by atoms with van der Waals surface area (Å²) in [6, 6.07) is 10.3. The number of anilines is 1. The molecular weight excluding hydrogens is 396 g/mol. The van der Waals surface area contributed by atoms with E-state index < -0.39 is 0 Å². The number of carbonyl (C=O) groups is 1. The van der Waals surface area contributed by atoms with Crippen molar-refractivity contribution >= 4 is 28.9 Å². The molecule has 164 valence electrons. The van der Waals surface area contributed by atoms with Crippen LogP contribution in [0.4, 0.5) is 5.69 Å². The Morgan fingerprint density at radius 1 is 1.17 bits per heavy atom. The van der Waals surface area contributed by atoms with Gasteiger partial charge >= 0.3 is 0 Å². The molecule has 2 N–H and O–H groups in total. The van der Waals surface area contributed by atoms with Crippen LogP contribution in [-0.4, -0.2) is 62.5 Å². The van der Waals surface area contributed by atoms with Crippen molar-refractivity contribution in [3.8, 4) is 0 Å². The number of guanidine groups is 1. The first-order valence-corrected chi connectivity index (χ1v) is 11.2. The largest absolute Gasteiger partial charge is 0.375 e. The molecule has 0 aliphatic carbocycles. The van der Waals surface area contributed by atoms with Gasteiger partial charge in [0, 0.05) is 45.3 Å². The molecule has 1 amide bonds. The molecule has 0 saturated carbocycles. The van der Waals surface area contributed by atoms with E-state index >= 15 is 0 Å². The minimum atomic E-state index is -0.0312. The molecule has 8 heteroatoms. The summed E-state index contributed by atoms with van der Waals surface area (Å²) in [5, 5.41) is 9.75. The summed E-state index contributed by atoms with van der Waals surface area (Å²) in [5.74, 6) is 1.02. The monoisotopic (exact) mass is 430 g/mol. The molecule has 1 heterocycles. The second-order valence-electron chi connectivity index (χ2n) is 7.66. The van der Waals surface area contributed by atoms with Crippen LogP contribution in [0.5, 0.6) is 0 Å². The molecule has 0 bridgehead atoms. The molecule has 0 aliphatic rings. The summed E-state index contributed by atoms with van der Waals surface area (Å²) < 4.78 is 0. The van der Waals surface area contributed by atoms with Gasteiger partial charge in [-0.05, 0) is 24.5 Å². The number of thiazole rings is 1. The number of hydrogen-bond donors (Lipinski definition) is 2. The van der Waals surface area contributed by atoms with Crippen LogP contribution in [0.25, 0.3) is 0 Å². The third-order valence-electron chi connectivity index (χ3n) is 4.60. The lowest BCUT2D eigenvalue weighted by Gasteiger charge is -2.19. The number of benzene rings is 1. The first-order chi connectivity index (χ1) is 14.4. The molecule has 1 aromatic carbocycles. The van der Waals surface area contributed by atoms with Crippen molar-refractivity contribution in [3.05, 3.63) is 46.4 Å². The molecule has 0 fully saturated rings. The Kier molecular flexibility index (Phi) is 9.60. The molecule has 1 aromatic heterocycles. The van der Waals surface area contributed by atoms with Crippen molar-refractivity contribution in [2.24, 2.45) is 4.99 Å². The summed E-state index contributed by atoms with van der Waals surface area (Å²) in [4.78, 5) is 24.8. The highest BCUT2D eigenvalue weighted by molar-refractivity contribution is 7.09. The van der Waals surface area contributed by atoms with Gasteiger partial charge in [0.25, 0.3) is 0 Å². The van der Waals surface area contributed by atoms with Gasteiger partial charge in [-0.25, -0.2) is 9.98 Å². The number of nitrogens with one attached hydrogen (secondary N) is 2. The van der Waals surface area contributed by atoms with Crippen molar-refractivity contribution in [1.29, 1.82) is 0 Å². The molecule has 2 rings (SSSR count). The average Bonchev–Trinajstić information content (AvgIpc) is 3.22. The van der Waals surface area contributed by atoms with Crippen LogP contribution in [-0.2, 0) is 11.3 Å². The molecule has 30 heavy (non-hydrogen) atoms. The van der Waals surface area contributed by atoms with Gasteiger partial charge in [-0.3, -0.25) is 4.79 Å². The first-order valence-electron chi connectivity index (χ1n) is 10.3. The molecule has 2 aromatic rings. The highest BCUT2D eigenvalue weighted by atomic mass is 32.1. The Balaban J connectivity index is 1.87. The second-order valence-corrected chi connectivity index (χ2v) is 8.61. The van der Waals surface area contributed by atoms with Crippen molar-refractivity contribution in [2.45, 2.75) is 32.7 Å². The van der Waals surface area contributed by atoms with E-state index in [2.05, 4.69) is 63.9 Å². The fourth-order valence-corrected chi connectivity index (χ4v) is 3.52. The summed E-state index contributed by atoms with van der Waals surface area (Å²) in [6.45, 7) is 6.66. The number of carbonyl (C=O) groups excluding carboxylic acids is 1. The Morgan fingerprint density at radius 3 is 2.53 bits per heavy atom. The number of amides is 1. The number of hydrogen-bond acceptors (Lipinski definition) is 5. The van der Waals surface area contributed by atoms with Gasteiger partial charge in [0.05, 0.1) is 12.2 Å². The van der Waals surface area contributed by atoms with E-state index in [1.807, 2.05) is 18.2 Å². The number of nitrogens with zero attached hydrogens (tertiary/aromatic N) is 4. The highest BCUT2D eigenvalue weighted by Gasteiger charge is 2.08. The van der Waals surface area contributed by atoms with Crippen LogP contribution in [0, 0.1) is 0 Å². The van der Waals surface area contributed by atoms with Gasteiger partial charge in [-0.15, -0.1) is 11.3 Å². The van der Waals surface area contributed by atoms with Gasteiger partial charge in [0.1, 0.15) is 11.6 Å². The van der Waals surface area contributed by atoms with Crippen LogP contribution in [0.3, 0.4) is 0 Å². The fraction of sp³-hybridized carbons (Fsp3) is 0.500. The average molecular weight is 431 g/mol. The SMILES string of the molecule is CC(C)c1csc(CNC(=NCC(=O)N(C)C)NCCCN(C)c2ccccc2)n1. The molecule has 0 aliphatic heterocycles. The van der Waals surface area contributed by atoms with E-state index in [1.165, 1.54) is 5.69 Å². The van der Waals surface area contributed by atoms with Crippen LogP contribution >= 0.6 is 11.3 Å². The normalized spacial score (nSPS) is 11.5. The number of aliphatic imine (C=N–C) groups is 1. The Bertz CT molecular complexity index is 803. The minimum Gasteiger partial charge on any atom is -0.375 e. The maximum atomic E-state index is 11.9. The summed E-state index contributed by atoms with van der Waals surface area (Å²) >= 11 is 1.64. The number of rotatable bonds is 10. The zero-order valence-electron chi connectivity index (χ0n) is 18.7. The quantitative estimate of drug-likeness (QED) is 0.344. The van der Waals surface area contributed by atoms with Gasteiger partial charge in [0.15, 0.2) is 5.96 Å². The summed E-state index contributed by atoms with van der Waals surface area (Å²) in [5.41, 5.74) is 2.31. The van der Waals surface area contributed by atoms with Crippen LogP contribution < -0.4 is 15.5 Å². The zero-order valence-corrected chi connectivity index (χ0v) is 19.5. The number of para-hydroxylation sites is 1. The van der Waals surface area contributed by atoms with Gasteiger partial charge < -0.3 is 20.4 Å². The van der Waals surface area contributed by atoms with Crippen molar-refractivity contribution in [3.63, 3.8) is 0 Å². The molecule has 0 spiro atoms. The van der Waals surface area contributed by atoms with E-state index in [-0.39, 0.29) is 12.5 Å². The van der Waals surface area contributed by atoms with Gasteiger partial charge in [-0.1, -0.05) is 32.0 Å². The Labute approximate surface area is 184 Å². The fourth-order valence-electron chi connectivity index (χ4n) is 2.63. The van der Waals surface area contributed by atoms with Gasteiger partial charge in [0.2, 0.25) is 5.91 Å². The smallest absolute Gasteiger partial charge is 0.243 e. The standard InChI is InChI=1S/C22H34N6OS/c1-17(2)19-16-30-20(26-19)14-24-22(25-15-21(29)27(3)4)23-12-9-13-28(5)18-10-7-6-8-11-18/h6-8,10-11,16-17H,9,12-15H2,1-5H3,(H2,23,24,25). The third kappa shape index (κ3) is 8.02. The topological polar surface area (TPSA) is 72.9 Å². The van der Waals surface area contributed by atoms with Crippen LogP contribution in [0.15, 0.2) is 40.7 Å². The molecular formula is C22H34N6OS. The molecule has 0 radical (unpaired) electrons. The summed E-state index contributed by atoms with van der Waals surface area (Å²) in [7, 11) is 5.56. The second kappa shape index (κ2) is 12.2. The minimum absolute atomic E-state index is 0.0312. The Morgan fingerprint density at radius 2 is 1.90 bits per heavy atom. The van der Waals surface area contributed by atoms with E-state index in [4.69, 9.17) is 0 Å². The maximum Gasteiger partial charge on any atom is 0.243 e. The van der Waals surface area contributed by atoms with Crippen molar-refractivity contribution in [2.75, 3.05) is 45.7 Å².